The van der Waals surface area contributed by atoms with Gasteiger partial charge in [-0.15, -0.1) is 11.6 Å². The maximum Gasteiger partial charge on any atom is 0.261 e. The van der Waals surface area contributed by atoms with E-state index in [-0.39, 0.29) is 72.6 Å². The predicted molar refractivity (Wildman–Crippen MR) is 485 cm³/mol. The van der Waals surface area contributed by atoms with Gasteiger partial charge in [0.1, 0.15) is 5.88 Å². The molecule has 3 fully saturated rings. The van der Waals surface area contributed by atoms with E-state index in [0.29, 0.717) is 130 Å². The van der Waals surface area contributed by atoms with Crippen LogP contribution in [-0.4, -0.2) is 170 Å². The van der Waals surface area contributed by atoms with E-state index in [9.17, 15) is 58.8 Å². The van der Waals surface area contributed by atoms with E-state index in [1.165, 1.54) is 30.2 Å². The van der Waals surface area contributed by atoms with Gasteiger partial charge in [-0.3, -0.25) is 43.2 Å². The standard InChI is InChI=1S/C20H23N3O3S.C20H16N2O3S.C19H21N3O4S.C18H16N2O3.C15H11ClN2O2.ClH/c24-20-17-7-3-2-6-16(17)18-14-15(8-9-19(18)22-20)27(25,26)21-10-13-23-11-4-1-5-12-23;1-13-6-9-15(10-7-13)26(24,25)22-14-8-11-19-18(12-14)16-4-2-3-5-17(16)20(23)21-19;23-19-16-4-2-1-3-15(16)17-13-14(5-6-18(17)21-19)27(24,25)20-7-8-22-9-11-26-12-10-22;21-17-15-4-2-1-3-13(15)14-6-5-12(11-16(14)19-17)18(22)20-7-9-23-10-8-20;16-8-14(19)17-9-5-6-13-12(7-9)10-3-1-2-4-11(10)15(20)18-13;/h2-3,6-9,14,21H,1,4-5,10-13H2,(H,22,24);2-12,22H,1H3,(H,21,23);1-6,13,20H,7-12H2,(H,21,23);1-6,11H,7-10H2,(H,19,21);1-7H,8H2,(H,17,19)(H,18,20);1H. The van der Waals surface area contributed by atoms with E-state index in [1.807, 2.05) is 97.9 Å². The number of hydrogen-bond donors (Lipinski definition) is 10. The Kier molecular flexibility index (Phi) is 27.7. The average Bonchev–Trinajstić information content (AvgIpc) is 0.737. The summed E-state index contributed by atoms with van der Waals surface area (Å²) in [5, 5.41) is 13.7. The Bertz CT molecular complexity index is 7240. The topological polar surface area (TPSA) is 378 Å². The minimum absolute atomic E-state index is 0. The van der Waals surface area contributed by atoms with Crippen molar-refractivity contribution in [3.63, 3.8) is 0 Å². The van der Waals surface area contributed by atoms with E-state index >= 15 is 0 Å². The van der Waals surface area contributed by atoms with Gasteiger partial charge in [-0.2, -0.15) is 0 Å². The van der Waals surface area contributed by atoms with Crippen molar-refractivity contribution in [1.82, 2.24) is 44.2 Å². The molecule has 3 saturated heterocycles. The van der Waals surface area contributed by atoms with Gasteiger partial charge < -0.3 is 61.9 Å². The number of anilines is 2. The number of nitrogens with zero attached hydrogens (tertiary/aromatic N) is 2. The number of halogens is 2. The number of rotatable bonds is 16. The molecule has 19 rings (SSSR count). The summed E-state index contributed by atoms with van der Waals surface area (Å²) in [6.07, 6.45) is 3.72. The predicted octanol–water partition coefficient (Wildman–Crippen LogP) is 8.13. The van der Waals surface area contributed by atoms with Gasteiger partial charge in [0, 0.05) is 138 Å². The zero-order valence-electron chi connectivity index (χ0n) is 67.2. The highest BCUT2D eigenvalue weighted by molar-refractivity contribution is 7.92. The lowest BCUT2D eigenvalue weighted by molar-refractivity contribution is -0.903. The molecule has 10 N–H and O–H groups in total. The van der Waals surface area contributed by atoms with Crippen LogP contribution in [0.4, 0.5) is 11.4 Å². The quantitative estimate of drug-likeness (QED) is 0.0322. The second-order valence-electron chi connectivity index (χ2n) is 30.0. The Hall–Kier alpha value is -12.3. The second-order valence-corrected chi connectivity index (χ2v) is 35.5. The van der Waals surface area contributed by atoms with Gasteiger partial charge in [-0.05, 0) is 181 Å². The molecule has 3 aliphatic rings. The molecule has 0 atom stereocenters. The van der Waals surface area contributed by atoms with Crippen molar-refractivity contribution in [3.8, 4) is 0 Å². The third kappa shape index (κ3) is 20.3. The highest BCUT2D eigenvalue weighted by atomic mass is 35.5. The van der Waals surface area contributed by atoms with Crippen LogP contribution in [0.2, 0.25) is 0 Å². The molecule has 124 heavy (non-hydrogen) atoms. The molecule has 16 aromatic rings. The first-order valence-corrected chi connectivity index (χ1v) is 45.1. The maximum absolute atomic E-state index is 12.7. The Morgan fingerprint density at radius 3 is 1.23 bits per heavy atom. The number of piperidine rings is 1. The van der Waals surface area contributed by atoms with Crippen LogP contribution < -0.4 is 64.6 Å². The van der Waals surface area contributed by atoms with Crippen molar-refractivity contribution in [3.05, 3.63) is 299 Å². The fraction of sp³-hybridized carbons (Fsp3) is 0.207. The van der Waals surface area contributed by atoms with Crippen LogP contribution in [0.3, 0.4) is 0 Å². The van der Waals surface area contributed by atoms with Crippen LogP contribution in [-0.2, 0) is 44.3 Å². The third-order valence-electron chi connectivity index (χ3n) is 21.9. The summed E-state index contributed by atoms with van der Waals surface area (Å²) >= 11 is 5.48. The molecule has 5 aromatic heterocycles. The summed E-state index contributed by atoms with van der Waals surface area (Å²) < 4.78 is 94.6. The molecule has 0 unspecified atom stereocenters. The molecule has 0 spiro atoms. The van der Waals surface area contributed by atoms with Crippen molar-refractivity contribution < 1.29 is 61.6 Å². The first-order chi connectivity index (χ1) is 59.4. The lowest BCUT2D eigenvalue weighted by atomic mass is 10.0. The normalized spacial score (nSPS) is 14.1. The number of fused-ring (bicyclic) bond motifs is 15. The number of carbonyl (C=O) groups excluding carboxylic acids is 2. The zero-order chi connectivity index (χ0) is 85.9. The number of aromatic nitrogens is 5. The Balaban J connectivity index is 0.000000126. The van der Waals surface area contributed by atoms with Crippen molar-refractivity contribution in [1.29, 1.82) is 0 Å². The zero-order valence-corrected chi connectivity index (χ0v) is 71.2. The van der Waals surface area contributed by atoms with Crippen molar-refractivity contribution >= 4 is 173 Å². The summed E-state index contributed by atoms with van der Waals surface area (Å²) in [6, 6.07) is 68.7. The van der Waals surface area contributed by atoms with Gasteiger partial charge >= 0.3 is 0 Å². The number of pyridine rings is 5. The molecule has 11 aromatic carbocycles. The van der Waals surface area contributed by atoms with E-state index in [0.717, 1.165) is 92.3 Å². The smallest absolute Gasteiger partial charge is 0.261 e. The maximum atomic E-state index is 12.7. The Labute approximate surface area is 722 Å². The first kappa shape index (κ1) is 88.0. The van der Waals surface area contributed by atoms with Crippen LogP contribution in [0, 0.1) is 6.92 Å². The van der Waals surface area contributed by atoms with E-state index in [4.69, 9.17) is 21.1 Å². The number of sulfonamides is 3. The van der Waals surface area contributed by atoms with Crippen LogP contribution in [0.15, 0.2) is 275 Å². The Morgan fingerprint density at radius 2 is 0.774 bits per heavy atom. The van der Waals surface area contributed by atoms with E-state index in [2.05, 4.69) is 49.3 Å². The van der Waals surface area contributed by atoms with Crippen molar-refractivity contribution in [2.45, 2.75) is 40.9 Å². The number of alkyl halides is 1. The number of amides is 2. The van der Waals surface area contributed by atoms with Gasteiger partial charge in [0.2, 0.25) is 26.0 Å². The number of H-pyrrole nitrogens is 5. The van der Waals surface area contributed by atoms with Gasteiger partial charge in [0.25, 0.3) is 43.7 Å². The molecule has 8 heterocycles. The monoisotopic (exact) mass is 1770 g/mol. The average molecular weight is 1770 g/mol. The van der Waals surface area contributed by atoms with Crippen LogP contribution >= 0.6 is 11.6 Å². The van der Waals surface area contributed by atoms with Gasteiger partial charge in [0.15, 0.2) is 0 Å². The summed E-state index contributed by atoms with van der Waals surface area (Å²) in [5.74, 6) is -0.381. The number of likely N-dealkylation sites (tertiary alicyclic amines) is 1. The first-order valence-electron chi connectivity index (χ1n) is 40.1. The minimum Gasteiger partial charge on any atom is -1.00 e. The molecule has 2 amide bonds. The van der Waals surface area contributed by atoms with Gasteiger partial charge in [-0.25, -0.2) is 34.7 Å². The summed E-state index contributed by atoms with van der Waals surface area (Å²) in [7, 11) is -10.9. The van der Waals surface area contributed by atoms with Crippen molar-refractivity contribution in [2.75, 3.05) is 108 Å². The van der Waals surface area contributed by atoms with E-state index in [1.54, 1.807) is 144 Å². The fourth-order valence-electron chi connectivity index (χ4n) is 15.6. The molecule has 27 nitrogen and oxygen atoms in total. The lowest BCUT2D eigenvalue weighted by Gasteiger charge is -2.26. The number of hydrogen-bond acceptors (Lipinski definition) is 16. The fourth-order valence-corrected chi connectivity index (χ4v) is 18.8. The molecule has 638 valence electrons. The number of aromatic amines is 5. The number of nitrogens with one attached hydrogen (secondary N) is 10. The molecule has 0 saturated carbocycles. The molecule has 32 heteroatoms. The number of quaternary nitrogens is 1. The summed E-state index contributed by atoms with van der Waals surface area (Å²) in [4.78, 5) is 105. The summed E-state index contributed by atoms with van der Waals surface area (Å²) in [5.41, 5.74) is 5.23. The number of morpholine rings is 2. The SMILES string of the molecule is Cc1ccc(S(=O)(=O)Nc2ccc3[nH]c(=O)c4ccccc4c3c2)cc1.O=C(CCl)Nc1ccc2[nH]c(=O)c3ccccc3c2c1.O=C(c1ccc2c(c1)[nH]c(=O)c1ccccc12)N1CCOCC1.O=c1[nH]c2ccc(S(=O)(=O)NCCN3CCOCC3)cc2c2ccccc12.O=c1[nH]c2ccc(S(=O)(=O)NCC[NH+]3CCCCC3)cc2c2ccccc12.[Cl-]. The highest BCUT2D eigenvalue weighted by Gasteiger charge is 2.24. The lowest BCUT2D eigenvalue weighted by Crippen LogP contribution is -3.13. The molecule has 0 radical (unpaired) electrons. The second kappa shape index (κ2) is 39.1. The molecular formula is C92H88Cl2N12O15S3. The Morgan fingerprint density at radius 1 is 0.395 bits per heavy atom. The van der Waals surface area contributed by atoms with Gasteiger partial charge in [0.05, 0.1) is 67.3 Å². The van der Waals surface area contributed by atoms with Crippen LogP contribution in [0.5, 0.6) is 0 Å². The van der Waals surface area contributed by atoms with Crippen LogP contribution in [0.25, 0.3) is 108 Å². The molecule has 0 bridgehead atoms. The number of benzene rings is 11. The van der Waals surface area contributed by atoms with Gasteiger partial charge in [-0.1, -0.05) is 115 Å². The van der Waals surface area contributed by atoms with Crippen LogP contribution in [0.1, 0.15) is 35.2 Å². The number of carbonyl (C=O) groups is 2. The van der Waals surface area contributed by atoms with E-state index < -0.39 is 30.1 Å². The number of ether oxygens (including phenoxy) is 2. The molecule has 0 aliphatic carbocycles. The third-order valence-corrected chi connectivity index (χ3v) is 26.5. The highest BCUT2D eigenvalue weighted by Crippen LogP contribution is 2.31. The number of aryl methyl sites for hydroxylation is 1. The van der Waals surface area contributed by atoms with Crippen molar-refractivity contribution in [2.24, 2.45) is 0 Å². The molecular weight excluding hydrogens is 1680 g/mol. The minimum atomic E-state index is -3.68. The molecule has 3 aliphatic heterocycles. The summed E-state index contributed by atoms with van der Waals surface area (Å²) in [6.45, 7) is 11.7. The largest absolute Gasteiger partial charge is 1.00 e.